The summed E-state index contributed by atoms with van der Waals surface area (Å²) in [5.41, 5.74) is 5.60. The minimum absolute atomic E-state index is 0.0545. The number of amides is 3. The van der Waals surface area contributed by atoms with E-state index in [2.05, 4.69) is 5.32 Å². The second-order valence-corrected chi connectivity index (χ2v) is 8.18. The van der Waals surface area contributed by atoms with Gasteiger partial charge in [-0.05, 0) is 30.2 Å². The lowest BCUT2D eigenvalue weighted by molar-refractivity contribution is -0.133. The molecule has 0 radical (unpaired) electrons. The third-order valence-corrected chi connectivity index (χ3v) is 4.47. The molecule has 160 valence electrons. The number of benzene rings is 1. The summed E-state index contributed by atoms with van der Waals surface area (Å²) >= 11 is 0. The summed E-state index contributed by atoms with van der Waals surface area (Å²) in [4.78, 5) is 39.7. The van der Waals surface area contributed by atoms with E-state index < -0.39 is 23.7 Å². The lowest BCUT2D eigenvalue weighted by Gasteiger charge is -2.33. The molecule has 0 spiro atoms. The number of nitrogens with one attached hydrogen (secondary N) is 1. The van der Waals surface area contributed by atoms with E-state index in [4.69, 9.17) is 10.5 Å². The molecule has 1 saturated heterocycles. The third kappa shape index (κ3) is 5.98. The Labute approximate surface area is 170 Å². The summed E-state index contributed by atoms with van der Waals surface area (Å²) in [5.74, 6) is -2.47. The summed E-state index contributed by atoms with van der Waals surface area (Å²) in [5, 5.41) is 2.45. The molecule has 0 bridgehead atoms. The monoisotopic (exact) mass is 408 g/mol. The van der Waals surface area contributed by atoms with E-state index in [-0.39, 0.29) is 23.6 Å². The number of carbonyl (C=O) groups excluding carboxylic acids is 3. The lowest BCUT2D eigenvalue weighted by Crippen LogP contribution is -2.54. The maximum Gasteiger partial charge on any atom is 0.253 e. The van der Waals surface area contributed by atoms with E-state index >= 15 is 0 Å². The minimum Gasteiger partial charge on any atom is -0.370 e. The fourth-order valence-electron chi connectivity index (χ4n) is 3.24. The maximum absolute atomic E-state index is 14.6. The highest BCUT2D eigenvalue weighted by molar-refractivity contribution is 6.09. The summed E-state index contributed by atoms with van der Waals surface area (Å²) < 4.78 is 19.7. The molecule has 1 atom stereocenters. The Hall–Kier alpha value is -2.52. The average Bonchev–Trinajstić information content (AvgIpc) is 2.62. The molecule has 9 heteroatoms. The van der Waals surface area contributed by atoms with Crippen LogP contribution in [-0.2, 0) is 19.1 Å². The maximum atomic E-state index is 14.6. The highest BCUT2D eigenvalue weighted by Gasteiger charge is 2.33. The molecule has 1 fully saturated rings. The van der Waals surface area contributed by atoms with Crippen LogP contribution in [0.25, 0.3) is 0 Å². The Morgan fingerprint density at radius 3 is 2.59 bits per heavy atom. The third-order valence-electron chi connectivity index (χ3n) is 4.47. The van der Waals surface area contributed by atoms with Gasteiger partial charge in [0.05, 0.1) is 12.3 Å². The van der Waals surface area contributed by atoms with Crippen LogP contribution < -0.4 is 16.0 Å². The molecule has 1 aliphatic heterocycles. The van der Waals surface area contributed by atoms with E-state index in [0.717, 1.165) is 0 Å². The van der Waals surface area contributed by atoms with Crippen molar-refractivity contribution in [3.8, 4) is 0 Å². The molecule has 0 aromatic heterocycles. The van der Waals surface area contributed by atoms with Gasteiger partial charge in [0.15, 0.2) is 6.04 Å². The first-order valence-corrected chi connectivity index (χ1v) is 9.55. The zero-order valence-electron chi connectivity index (χ0n) is 17.3. The first-order valence-electron chi connectivity index (χ1n) is 9.55. The number of primary amides is 1. The summed E-state index contributed by atoms with van der Waals surface area (Å²) in [7, 11) is 0. The average molecular weight is 408 g/mol. The summed E-state index contributed by atoms with van der Waals surface area (Å²) in [6, 6.07) is 2.85. The number of carbonyl (C=O) groups is 3. The normalized spacial score (nSPS) is 16.1. The second kappa shape index (κ2) is 9.32. The van der Waals surface area contributed by atoms with Gasteiger partial charge in [0.2, 0.25) is 5.91 Å². The molecule has 1 aliphatic rings. The molecule has 3 amide bonds. The van der Waals surface area contributed by atoms with Gasteiger partial charge in [-0.3, -0.25) is 19.3 Å². The fourth-order valence-corrected chi connectivity index (χ4v) is 3.24. The Morgan fingerprint density at radius 2 is 2.07 bits per heavy atom. The highest BCUT2D eigenvalue weighted by atomic mass is 19.1. The Morgan fingerprint density at radius 1 is 1.38 bits per heavy atom. The van der Waals surface area contributed by atoms with E-state index in [0.29, 0.717) is 31.9 Å². The fraction of sp³-hybridized carbons (Fsp3) is 0.550. The lowest BCUT2D eigenvalue weighted by atomic mass is 9.95. The minimum atomic E-state index is -1.22. The molecule has 0 unspecified atom stereocenters. The van der Waals surface area contributed by atoms with Crippen LogP contribution in [0.1, 0.15) is 27.7 Å². The van der Waals surface area contributed by atoms with Crippen molar-refractivity contribution in [2.24, 2.45) is 11.1 Å². The van der Waals surface area contributed by atoms with Gasteiger partial charge >= 0.3 is 0 Å². The van der Waals surface area contributed by atoms with Gasteiger partial charge in [-0.1, -0.05) is 27.7 Å². The van der Waals surface area contributed by atoms with Gasteiger partial charge in [-0.25, -0.2) is 4.39 Å². The van der Waals surface area contributed by atoms with Crippen molar-refractivity contribution >= 4 is 29.1 Å². The number of hydrogen-bond donors (Lipinski definition) is 2. The largest absolute Gasteiger partial charge is 0.370 e. The number of nitrogens with zero attached hydrogens (tertiary/aromatic N) is 2. The van der Waals surface area contributed by atoms with Gasteiger partial charge in [0, 0.05) is 18.8 Å². The Kier molecular flexibility index (Phi) is 7.32. The standard InChI is InChI=1S/C20H29FN4O4/c1-5-24(12-20(2,3)4)17(18(22)27)19(28)23-15-7-6-13(10-14(15)21)25-8-9-29-11-16(25)26/h6-7,10,17H,5,8-9,11-12H2,1-4H3,(H2,22,27)(H,23,28)/t17-/m0/s1. The zero-order valence-corrected chi connectivity index (χ0v) is 17.3. The molecular weight excluding hydrogens is 379 g/mol. The SMILES string of the molecule is CCN(CC(C)(C)C)[C@@H](C(N)=O)C(=O)Nc1ccc(N2CCOCC2=O)cc1F. The molecule has 1 aromatic carbocycles. The van der Waals surface area contributed by atoms with Crippen molar-refractivity contribution in [2.75, 3.05) is 43.1 Å². The molecule has 1 heterocycles. The van der Waals surface area contributed by atoms with E-state index in [1.54, 1.807) is 4.90 Å². The molecule has 8 nitrogen and oxygen atoms in total. The van der Waals surface area contributed by atoms with Gasteiger partial charge in [0.25, 0.3) is 11.8 Å². The number of ether oxygens (including phenoxy) is 1. The number of halogens is 1. The molecule has 3 N–H and O–H groups in total. The van der Waals surface area contributed by atoms with Crippen LogP contribution >= 0.6 is 0 Å². The number of nitrogens with two attached hydrogens (primary N) is 1. The van der Waals surface area contributed by atoms with Crippen molar-refractivity contribution in [3.05, 3.63) is 24.0 Å². The van der Waals surface area contributed by atoms with Gasteiger partial charge in [-0.2, -0.15) is 0 Å². The van der Waals surface area contributed by atoms with Gasteiger partial charge < -0.3 is 20.7 Å². The Balaban J connectivity index is 2.19. The van der Waals surface area contributed by atoms with E-state index in [1.165, 1.54) is 23.1 Å². The van der Waals surface area contributed by atoms with E-state index in [9.17, 15) is 18.8 Å². The van der Waals surface area contributed by atoms with E-state index in [1.807, 2.05) is 27.7 Å². The quantitative estimate of drug-likeness (QED) is 0.663. The van der Waals surface area contributed by atoms with Crippen LogP contribution in [0.3, 0.4) is 0 Å². The number of hydrogen-bond acceptors (Lipinski definition) is 5. The molecular formula is C20H29FN4O4. The number of morpholine rings is 1. The van der Waals surface area contributed by atoms with Crippen LogP contribution in [-0.4, -0.2) is 61.5 Å². The van der Waals surface area contributed by atoms with Crippen molar-refractivity contribution in [1.29, 1.82) is 0 Å². The van der Waals surface area contributed by atoms with Crippen molar-refractivity contribution in [2.45, 2.75) is 33.7 Å². The number of rotatable bonds is 7. The number of likely N-dealkylation sites (N-methyl/N-ethyl adjacent to an activating group) is 1. The molecule has 1 aromatic rings. The summed E-state index contributed by atoms with van der Waals surface area (Å²) in [6.45, 7) is 9.30. The number of anilines is 2. The Bertz CT molecular complexity index is 778. The topological polar surface area (TPSA) is 105 Å². The highest BCUT2D eigenvalue weighted by Crippen LogP contribution is 2.24. The van der Waals surface area contributed by atoms with Crippen LogP contribution in [0.2, 0.25) is 0 Å². The summed E-state index contributed by atoms with van der Waals surface area (Å²) in [6.07, 6.45) is 0. The van der Waals surface area contributed by atoms with Crippen LogP contribution in [0.5, 0.6) is 0 Å². The zero-order chi connectivity index (χ0) is 21.8. The predicted molar refractivity (Wildman–Crippen MR) is 108 cm³/mol. The van der Waals surface area contributed by atoms with Gasteiger partial charge in [0.1, 0.15) is 12.4 Å². The predicted octanol–water partition coefficient (Wildman–Crippen LogP) is 1.35. The van der Waals surface area contributed by atoms with Crippen LogP contribution in [0.15, 0.2) is 18.2 Å². The van der Waals surface area contributed by atoms with Gasteiger partial charge in [-0.15, -0.1) is 0 Å². The molecule has 0 aliphatic carbocycles. The van der Waals surface area contributed by atoms with Crippen molar-refractivity contribution < 1.29 is 23.5 Å². The molecule has 0 saturated carbocycles. The van der Waals surface area contributed by atoms with Crippen LogP contribution in [0.4, 0.5) is 15.8 Å². The molecule has 2 rings (SSSR count). The second-order valence-electron chi connectivity index (χ2n) is 8.18. The first-order chi connectivity index (χ1) is 13.5. The van der Waals surface area contributed by atoms with Crippen molar-refractivity contribution in [3.63, 3.8) is 0 Å². The first kappa shape index (κ1) is 22.8. The molecule has 29 heavy (non-hydrogen) atoms. The smallest absolute Gasteiger partial charge is 0.253 e. The van der Waals surface area contributed by atoms with Crippen molar-refractivity contribution in [1.82, 2.24) is 4.90 Å². The van der Waals surface area contributed by atoms with Crippen LogP contribution in [0, 0.1) is 11.2 Å².